The molecule has 3 heteroatoms. The molecule has 1 aromatic rings. The highest BCUT2D eigenvalue weighted by atomic mass is 16.1. The lowest BCUT2D eigenvalue weighted by Crippen LogP contribution is -2.39. The first-order chi connectivity index (χ1) is 8.81. The highest BCUT2D eigenvalue weighted by molar-refractivity contribution is 5.76. The van der Waals surface area contributed by atoms with Gasteiger partial charge in [0.1, 0.15) is 0 Å². The number of rotatable bonds is 4. The van der Waals surface area contributed by atoms with Gasteiger partial charge in [0.25, 0.3) is 0 Å². The van der Waals surface area contributed by atoms with Crippen LogP contribution in [0.2, 0.25) is 0 Å². The second kappa shape index (κ2) is 5.11. The molecule has 0 bridgehead atoms. The van der Waals surface area contributed by atoms with E-state index in [-0.39, 0.29) is 5.91 Å². The van der Waals surface area contributed by atoms with E-state index < -0.39 is 0 Å². The summed E-state index contributed by atoms with van der Waals surface area (Å²) in [7, 11) is 0. The third-order valence-electron chi connectivity index (χ3n) is 4.01. The maximum atomic E-state index is 11.7. The lowest BCUT2D eigenvalue weighted by atomic mass is 9.93. The summed E-state index contributed by atoms with van der Waals surface area (Å²) in [4.78, 5) is 11.7. The second-order valence-electron chi connectivity index (χ2n) is 5.40. The smallest absolute Gasteiger partial charge is 0.220 e. The van der Waals surface area contributed by atoms with Crippen LogP contribution >= 0.6 is 0 Å². The third-order valence-corrected chi connectivity index (χ3v) is 4.01. The maximum Gasteiger partial charge on any atom is 0.220 e. The molecule has 2 aliphatic rings. The van der Waals surface area contributed by atoms with Crippen molar-refractivity contribution in [3.63, 3.8) is 0 Å². The minimum absolute atomic E-state index is 0.207. The Morgan fingerprint density at radius 2 is 2.11 bits per heavy atom. The number of carbonyl (C=O) groups is 1. The van der Waals surface area contributed by atoms with E-state index in [1.165, 1.54) is 23.1 Å². The zero-order chi connectivity index (χ0) is 12.4. The molecule has 1 heterocycles. The van der Waals surface area contributed by atoms with Crippen molar-refractivity contribution in [2.75, 3.05) is 0 Å². The van der Waals surface area contributed by atoms with Crippen molar-refractivity contribution in [3.8, 4) is 0 Å². The molecule has 0 unspecified atom stereocenters. The summed E-state index contributed by atoms with van der Waals surface area (Å²) >= 11 is 0. The van der Waals surface area contributed by atoms with E-state index in [0.717, 1.165) is 32.4 Å². The van der Waals surface area contributed by atoms with Crippen molar-refractivity contribution >= 4 is 5.91 Å². The summed E-state index contributed by atoms with van der Waals surface area (Å²) in [6, 6.07) is 7.05. The standard InChI is InChI=1S/C15H20N2O/c18-15(17-14-2-1-3-14)7-5-11-4-6-12-9-16-10-13(12)8-11/h4,6,8,14,16H,1-3,5,7,9-10H2,(H,17,18). The van der Waals surface area contributed by atoms with Gasteiger partial charge in [0.15, 0.2) is 0 Å². The van der Waals surface area contributed by atoms with Crippen LogP contribution < -0.4 is 10.6 Å². The van der Waals surface area contributed by atoms with Crippen LogP contribution in [0.1, 0.15) is 42.4 Å². The number of benzene rings is 1. The zero-order valence-corrected chi connectivity index (χ0v) is 10.7. The van der Waals surface area contributed by atoms with E-state index in [1.54, 1.807) is 0 Å². The van der Waals surface area contributed by atoms with Gasteiger partial charge in [0.05, 0.1) is 0 Å². The Morgan fingerprint density at radius 3 is 2.89 bits per heavy atom. The van der Waals surface area contributed by atoms with Gasteiger partial charge in [-0.05, 0) is 42.4 Å². The summed E-state index contributed by atoms with van der Waals surface area (Å²) in [5.41, 5.74) is 4.07. The molecular formula is C15H20N2O. The van der Waals surface area contributed by atoms with Crippen LogP contribution in [0.5, 0.6) is 0 Å². The molecule has 0 atom stereocenters. The lowest BCUT2D eigenvalue weighted by molar-refractivity contribution is -0.122. The van der Waals surface area contributed by atoms with Crippen molar-refractivity contribution < 1.29 is 4.79 Å². The number of aryl methyl sites for hydroxylation is 1. The number of fused-ring (bicyclic) bond motifs is 1. The molecule has 1 aliphatic carbocycles. The Morgan fingerprint density at radius 1 is 1.28 bits per heavy atom. The minimum Gasteiger partial charge on any atom is -0.353 e. The van der Waals surface area contributed by atoms with Gasteiger partial charge in [-0.3, -0.25) is 4.79 Å². The van der Waals surface area contributed by atoms with Crippen LogP contribution in [0.15, 0.2) is 18.2 Å². The van der Waals surface area contributed by atoms with Crippen molar-refractivity contribution in [3.05, 3.63) is 34.9 Å². The molecule has 2 N–H and O–H groups in total. The first-order valence-corrected chi connectivity index (χ1v) is 6.92. The first-order valence-electron chi connectivity index (χ1n) is 6.92. The Balaban J connectivity index is 1.51. The van der Waals surface area contributed by atoms with E-state index in [9.17, 15) is 4.79 Å². The summed E-state index contributed by atoms with van der Waals surface area (Å²) < 4.78 is 0. The minimum atomic E-state index is 0.207. The van der Waals surface area contributed by atoms with E-state index in [4.69, 9.17) is 0 Å². The summed E-state index contributed by atoms with van der Waals surface area (Å²) in [5.74, 6) is 0.207. The maximum absolute atomic E-state index is 11.7. The molecule has 0 spiro atoms. The van der Waals surface area contributed by atoms with E-state index in [2.05, 4.69) is 28.8 Å². The van der Waals surface area contributed by atoms with Gasteiger partial charge in [-0.2, -0.15) is 0 Å². The normalized spacial score (nSPS) is 18.2. The average Bonchev–Trinajstić information content (AvgIpc) is 2.78. The number of carbonyl (C=O) groups excluding carboxylic acids is 1. The van der Waals surface area contributed by atoms with Crippen molar-refractivity contribution in [2.45, 2.75) is 51.2 Å². The van der Waals surface area contributed by atoms with Gasteiger partial charge in [0.2, 0.25) is 5.91 Å². The molecule has 1 fully saturated rings. The fraction of sp³-hybridized carbons (Fsp3) is 0.533. The topological polar surface area (TPSA) is 41.1 Å². The lowest BCUT2D eigenvalue weighted by Gasteiger charge is -2.26. The number of hydrogen-bond acceptors (Lipinski definition) is 2. The SMILES string of the molecule is O=C(CCc1ccc2c(c1)CNC2)NC1CCC1. The zero-order valence-electron chi connectivity index (χ0n) is 10.7. The summed E-state index contributed by atoms with van der Waals surface area (Å²) in [5, 5.41) is 6.43. The van der Waals surface area contributed by atoms with Gasteiger partial charge in [0, 0.05) is 25.6 Å². The van der Waals surface area contributed by atoms with Gasteiger partial charge in [-0.1, -0.05) is 18.2 Å². The van der Waals surface area contributed by atoms with E-state index in [0.29, 0.717) is 12.5 Å². The Hall–Kier alpha value is -1.35. The predicted octanol–water partition coefficient (Wildman–Crippen LogP) is 1.89. The quantitative estimate of drug-likeness (QED) is 0.849. The Kier molecular flexibility index (Phi) is 3.33. The van der Waals surface area contributed by atoms with E-state index >= 15 is 0 Å². The molecule has 1 saturated carbocycles. The monoisotopic (exact) mass is 244 g/mol. The molecule has 1 aliphatic heterocycles. The van der Waals surface area contributed by atoms with Crippen LogP contribution in [0.4, 0.5) is 0 Å². The molecule has 18 heavy (non-hydrogen) atoms. The number of amides is 1. The first kappa shape index (κ1) is 11.7. The largest absolute Gasteiger partial charge is 0.353 e. The molecular weight excluding hydrogens is 224 g/mol. The number of nitrogens with one attached hydrogen (secondary N) is 2. The predicted molar refractivity (Wildman–Crippen MR) is 71.1 cm³/mol. The van der Waals surface area contributed by atoms with Crippen LogP contribution in [-0.2, 0) is 24.3 Å². The second-order valence-corrected chi connectivity index (χ2v) is 5.40. The average molecular weight is 244 g/mol. The molecule has 1 amide bonds. The Labute approximate surface area is 108 Å². The molecule has 3 rings (SSSR count). The molecule has 1 aromatic carbocycles. The van der Waals surface area contributed by atoms with Crippen LogP contribution in [0.25, 0.3) is 0 Å². The van der Waals surface area contributed by atoms with Gasteiger partial charge >= 0.3 is 0 Å². The van der Waals surface area contributed by atoms with Gasteiger partial charge < -0.3 is 10.6 Å². The molecule has 0 saturated heterocycles. The van der Waals surface area contributed by atoms with Crippen LogP contribution in [0.3, 0.4) is 0 Å². The highest BCUT2D eigenvalue weighted by Gasteiger charge is 2.19. The van der Waals surface area contributed by atoms with E-state index in [1.807, 2.05) is 0 Å². The fourth-order valence-corrected chi connectivity index (χ4v) is 2.61. The molecule has 3 nitrogen and oxygen atoms in total. The van der Waals surface area contributed by atoms with Gasteiger partial charge in [-0.15, -0.1) is 0 Å². The highest BCUT2D eigenvalue weighted by Crippen LogP contribution is 2.19. The molecule has 0 radical (unpaired) electrons. The Bertz CT molecular complexity index is 452. The fourth-order valence-electron chi connectivity index (χ4n) is 2.61. The van der Waals surface area contributed by atoms with Crippen molar-refractivity contribution in [2.24, 2.45) is 0 Å². The summed E-state index contributed by atoms with van der Waals surface area (Å²) in [6.45, 7) is 1.95. The van der Waals surface area contributed by atoms with Gasteiger partial charge in [-0.25, -0.2) is 0 Å². The van der Waals surface area contributed by atoms with Crippen LogP contribution in [0, 0.1) is 0 Å². The third kappa shape index (κ3) is 2.56. The molecule has 0 aromatic heterocycles. The number of hydrogen-bond donors (Lipinski definition) is 2. The summed E-state index contributed by atoms with van der Waals surface area (Å²) in [6.07, 6.45) is 5.06. The van der Waals surface area contributed by atoms with Crippen molar-refractivity contribution in [1.82, 2.24) is 10.6 Å². The molecule has 96 valence electrons. The van der Waals surface area contributed by atoms with Crippen LogP contribution in [-0.4, -0.2) is 11.9 Å². The van der Waals surface area contributed by atoms with Crippen molar-refractivity contribution in [1.29, 1.82) is 0 Å².